The first-order valence-corrected chi connectivity index (χ1v) is 7.32. The normalized spacial score (nSPS) is 9.77. The molecule has 0 unspecified atom stereocenters. The van der Waals surface area contributed by atoms with E-state index in [0.717, 1.165) is 24.1 Å². The molecule has 0 aliphatic carbocycles. The van der Waals surface area contributed by atoms with Crippen LogP contribution in [0.1, 0.15) is 17.5 Å². The van der Waals surface area contributed by atoms with Gasteiger partial charge in [-0.15, -0.1) is 0 Å². The number of amides is 2. The summed E-state index contributed by atoms with van der Waals surface area (Å²) in [6.45, 7) is 0.632. The highest BCUT2D eigenvalue weighted by Gasteiger charge is 2.01. The largest absolute Gasteiger partial charge is 0.338 e. The van der Waals surface area contributed by atoms with Crippen LogP contribution in [0.2, 0.25) is 0 Å². The molecule has 0 atom stereocenters. The highest BCUT2D eigenvalue weighted by molar-refractivity contribution is 5.89. The molecule has 0 radical (unpaired) electrons. The van der Waals surface area contributed by atoms with Crippen LogP contribution >= 0.6 is 0 Å². The zero-order chi connectivity index (χ0) is 15.6. The number of carbonyl (C=O) groups is 1. The number of hydrogen-bond donors (Lipinski definition) is 2. The zero-order valence-electron chi connectivity index (χ0n) is 12.4. The molecule has 0 saturated heterocycles. The Hall–Kier alpha value is -2.80. The minimum atomic E-state index is -0.207. The minimum Gasteiger partial charge on any atom is -0.338 e. The van der Waals surface area contributed by atoms with Gasteiger partial charge in [0.05, 0.1) is 12.5 Å². The Labute approximate surface area is 130 Å². The van der Waals surface area contributed by atoms with Gasteiger partial charge in [-0.3, -0.25) is 0 Å². The number of hydrogen-bond acceptors (Lipinski definition) is 2. The number of carbonyl (C=O) groups excluding carboxylic acids is 1. The number of anilines is 1. The van der Waals surface area contributed by atoms with Crippen molar-refractivity contribution in [2.75, 3.05) is 11.9 Å². The molecule has 0 heterocycles. The van der Waals surface area contributed by atoms with E-state index < -0.39 is 0 Å². The number of nitrogens with zero attached hydrogens (tertiary/aromatic N) is 1. The van der Waals surface area contributed by atoms with Crippen LogP contribution in [-0.4, -0.2) is 12.6 Å². The van der Waals surface area contributed by atoms with Crippen LogP contribution in [0.25, 0.3) is 0 Å². The van der Waals surface area contributed by atoms with Crippen LogP contribution < -0.4 is 10.6 Å². The second-order valence-electron chi connectivity index (χ2n) is 5.00. The first kappa shape index (κ1) is 15.6. The highest BCUT2D eigenvalue weighted by atomic mass is 16.2. The molecule has 0 aromatic heterocycles. The summed E-state index contributed by atoms with van der Waals surface area (Å²) in [5.74, 6) is 0. The second kappa shape index (κ2) is 8.48. The smallest absolute Gasteiger partial charge is 0.319 e. The van der Waals surface area contributed by atoms with Crippen LogP contribution in [0.4, 0.5) is 10.5 Å². The quantitative estimate of drug-likeness (QED) is 0.800. The van der Waals surface area contributed by atoms with E-state index in [-0.39, 0.29) is 6.03 Å². The maximum Gasteiger partial charge on any atom is 0.319 e. The van der Waals surface area contributed by atoms with Crippen molar-refractivity contribution in [1.29, 1.82) is 5.26 Å². The summed E-state index contributed by atoms with van der Waals surface area (Å²) in [4.78, 5) is 11.8. The van der Waals surface area contributed by atoms with Crippen LogP contribution in [0.3, 0.4) is 0 Å². The molecule has 4 nitrogen and oxygen atoms in total. The summed E-state index contributed by atoms with van der Waals surface area (Å²) in [5.41, 5.74) is 2.94. The molecule has 22 heavy (non-hydrogen) atoms. The lowest BCUT2D eigenvalue weighted by atomic mass is 10.1. The number of nitrogens with one attached hydrogen (secondary N) is 2. The van der Waals surface area contributed by atoms with Gasteiger partial charge in [0.2, 0.25) is 0 Å². The summed E-state index contributed by atoms with van der Waals surface area (Å²) in [6, 6.07) is 19.4. The molecule has 4 heteroatoms. The lowest BCUT2D eigenvalue weighted by Crippen LogP contribution is -2.29. The van der Waals surface area contributed by atoms with Crippen molar-refractivity contribution < 1.29 is 4.79 Å². The van der Waals surface area contributed by atoms with Crippen LogP contribution in [0.15, 0.2) is 54.6 Å². The predicted octanol–water partition coefficient (Wildman–Crippen LogP) is 3.51. The Morgan fingerprint density at radius 3 is 2.41 bits per heavy atom. The molecule has 0 fully saturated rings. The lowest BCUT2D eigenvalue weighted by Gasteiger charge is -2.08. The average Bonchev–Trinajstić information content (AvgIpc) is 2.55. The lowest BCUT2D eigenvalue weighted by molar-refractivity contribution is 0.252. The maximum absolute atomic E-state index is 11.8. The fourth-order valence-corrected chi connectivity index (χ4v) is 2.11. The molecule has 0 spiro atoms. The standard InChI is InChI=1S/C18H19N3O/c19-13-12-16-8-10-17(11-9-16)21-18(22)20-14-4-7-15-5-2-1-3-6-15/h1-3,5-6,8-11H,4,7,12,14H2,(H2,20,21,22). The SMILES string of the molecule is N#CCc1ccc(NC(=O)NCCCc2ccccc2)cc1. The fourth-order valence-electron chi connectivity index (χ4n) is 2.11. The van der Waals surface area contributed by atoms with Gasteiger partial charge in [-0.2, -0.15) is 5.26 Å². The predicted molar refractivity (Wildman–Crippen MR) is 87.5 cm³/mol. The number of nitriles is 1. The Bertz CT molecular complexity index is 630. The molecule has 0 aliphatic heterocycles. The zero-order valence-corrected chi connectivity index (χ0v) is 12.4. The molecular weight excluding hydrogens is 274 g/mol. The van der Waals surface area contributed by atoms with Gasteiger partial charge in [-0.1, -0.05) is 42.5 Å². The van der Waals surface area contributed by atoms with Gasteiger partial charge in [0, 0.05) is 12.2 Å². The van der Waals surface area contributed by atoms with Crippen LogP contribution in [0, 0.1) is 11.3 Å². The minimum absolute atomic E-state index is 0.207. The van der Waals surface area contributed by atoms with Crippen LogP contribution in [-0.2, 0) is 12.8 Å². The Morgan fingerprint density at radius 2 is 1.73 bits per heavy atom. The van der Waals surface area contributed by atoms with Crippen molar-refractivity contribution in [3.05, 3.63) is 65.7 Å². The Kier molecular flexibility index (Phi) is 6.01. The first-order valence-electron chi connectivity index (χ1n) is 7.32. The van der Waals surface area contributed by atoms with E-state index in [2.05, 4.69) is 28.8 Å². The van der Waals surface area contributed by atoms with E-state index in [9.17, 15) is 4.79 Å². The van der Waals surface area contributed by atoms with E-state index in [1.165, 1.54) is 5.56 Å². The molecule has 2 aromatic rings. The molecule has 112 valence electrons. The van der Waals surface area contributed by atoms with Crippen molar-refractivity contribution in [3.8, 4) is 6.07 Å². The Balaban J connectivity index is 1.68. The van der Waals surface area contributed by atoms with E-state index in [0.29, 0.717) is 13.0 Å². The Morgan fingerprint density at radius 1 is 1.00 bits per heavy atom. The van der Waals surface area contributed by atoms with Gasteiger partial charge in [0.15, 0.2) is 0 Å². The third-order valence-corrected chi connectivity index (χ3v) is 3.27. The average molecular weight is 293 g/mol. The van der Waals surface area contributed by atoms with Gasteiger partial charge >= 0.3 is 6.03 Å². The van der Waals surface area contributed by atoms with Gasteiger partial charge in [0.1, 0.15) is 0 Å². The highest BCUT2D eigenvalue weighted by Crippen LogP contribution is 2.09. The van der Waals surface area contributed by atoms with Crippen LogP contribution in [0.5, 0.6) is 0 Å². The van der Waals surface area contributed by atoms with E-state index >= 15 is 0 Å². The van der Waals surface area contributed by atoms with Crippen molar-refractivity contribution in [3.63, 3.8) is 0 Å². The van der Waals surface area contributed by atoms with E-state index in [1.54, 1.807) is 12.1 Å². The summed E-state index contributed by atoms with van der Waals surface area (Å²) in [5, 5.41) is 14.2. The van der Waals surface area contributed by atoms with E-state index in [1.807, 2.05) is 30.3 Å². The van der Waals surface area contributed by atoms with Crippen molar-refractivity contribution in [1.82, 2.24) is 5.32 Å². The van der Waals surface area contributed by atoms with Gasteiger partial charge in [-0.05, 0) is 36.1 Å². The number of benzene rings is 2. The fraction of sp³-hybridized carbons (Fsp3) is 0.222. The molecule has 2 aromatic carbocycles. The third-order valence-electron chi connectivity index (χ3n) is 3.27. The van der Waals surface area contributed by atoms with Gasteiger partial charge in [0.25, 0.3) is 0 Å². The second-order valence-corrected chi connectivity index (χ2v) is 5.00. The van der Waals surface area contributed by atoms with Crippen molar-refractivity contribution in [2.45, 2.75) is 19.3 Å². The monoisotopic (exact) mass is 293 g/mol. The molecular formula is C18H19N3O. The summed E-state index contributed by atoms with van der Waals surface area (Å²) < 4.78 is 0. The topological polar surface area (TPSA) is 64.9 Å². The summed E-state index contributed by atoms with van der Waals surface area (Å²) in [6.07, 6.45) is 2.23. The summed E-state index contributed by atoms with van der Waals surface area (Å²) in [7, 11) is 0. The third kappa shape index (κ3) is 5.29. The maximum atomic E-state index is 11.8. The van der Waals surface area contributed by atoms with Crippen molar-refractivity contribution in [2.24, 2.45) is 0 Å². The molecule has 0 bridgehead atoms. The molecule has 0 aliphatic rings. The summed E-state index contributed by atoms with van der Waals surface area (Å²) >= 11 is 0. The first-order chi connectivity index (χ1) is 10.8. The number of rotatable bonds is 6. The number of aryl methyl sites for hydroxylation is 1. The molecule has 0 saturated carbocycles. The van der Waals surface area contributed by atoms with Gasteiger partial charge < -0.3 is 10.6 Å². The van der Waals surface area contributed by atoms with E-state index in [4.69, 9.17) is 5.26 Å². The molecule has 2 N–H and O–H groups in total. The van der Waals surface area contributed by atoms with Gasteiger partial charge in [-0.25, -0.2) is 4.79 Å². The molecule has 2 amide bonds. The number of urea groups is 1. The molecule has 2 rings (SSSR count). The van der Waals surface area contributed by atoms with Crippen molar-refractivity contribution >= 4 is 11.7 Å².